The molecule has 0 aromatic heterocycles. The maximum absolute atomic E-state index is 11.0. The van der Waals surface area contributed by atoms with Gasteiger partial charge in [0.2, 0.25) is 0 Å². The number of carbonyl (C=O) groups excluding carboxylic acids is 1. The Balaban J connectivity index is 2.29. The van der Waals surface area contributed by atoms with Crippen molar-refractivity contribution in [1.29, 1.82) is 5.26 Å². The van der Waals surface area contributed by atoms with E-state index in [1.54, 1.807) is 31.2 Å². The Hall–Kier alpha value is -2.28. The van der Waals surface area contributed by atoms with Crippen LogP contribution in [0.4, 0.5) is 0 Å². The Morgan fingerprint density at radius 2 is 2.00 bits per heavy atom. The molecule has 88 valence electrons. The first-order chi connectivity index (χ1) is 8.13. The summed E-state index contributed by atoms with van der Waals surface area (Å²) in [6.45, 7) is 5.49. The zero-order valence-electron chi connectivity index (χ0n) is 9.60. The van der Waals surface area contributed by atoms with Gasteiger partial charge in [0.15, 0.2) is 0 Å². The molecule has 0 saturated heterocycles. The average Bonchev–Trinajstić information content (AvgIpc) is 2.35. The minimum atomic E-state index is -0.423. The van der Waals surface area contributed by atoms with Gasteiger partial charge in [-0.25, -0.2) is 4.79 Å². The summed E-state index contributed by atoms with van der Waals surface area (Å²) in [5, 5.41) is 8.60. The fourth-order valence-electron chi connectivity index (χ4n) is 1.04. The summed E-state index contributed by atoms with van der Waals surface area (Å²) in [5.74, 6) is 0.212. The molecule has 0 heterocycles. The second-order valence-electron chi connectivity index (χ2n) is 3.40. The van der Waals surface area contributed by atoms with Gasteiger partial charge in [-0.1, -0.05) is 6.58 Å². The van der Waals surface area contributed by atoms with E-state index in [0.717, 1.165) is 0 Å². The lowest BCUT2D eigenvalue weighted by atomic mass is 10.2. The van der Waals surface area contributed by atoms with Gasteiger partial charge in [-0.05, 0) is 31.2 Å². The quantitative estimate of drug-likeness (QED) is 0.442. The molecule has 0 fully saturated rings. The van der Waals surface area contributed by atoms with Gasteiger partial charge in [0.05, 0.1) is 11.6 Å². The van der Waals surface area contributed by atoms with Crippen LogP contribution < -0.4 is 4.74 Å². The molecule has 0 aliphatic rings. The Morgan fingerprint density at radius 1 is 1.35 bits per heavy atom. The van der Waals surface area contributed by atoms with Gasteiger partial charge in [0, 0.05) is 5.57 Å². The maximum atomic E-state index is 11.0. The van der Waals surface area contributed by atoms with Crippen molar-refractivity contribution in [3.63, 3.8) is 0 Å². The SMILES string of the molecule is C=C(C)C(=O)OCCOc1ccc(C#N)cc1. The van der Waals surface area contributed by atoms with Crippen molar-refractivity contribution in [1.82, 2.24) is 0 Å². The molecule has 0 unspecified atom stereocenters. The van der Waals surface area contributed by atoms with Gasteiger partial charge in [-0.15, -0.1) is 0 Å². The molecule has 0 saturated carbocycles. The van der Waals surface area contributed by atoms with Crippen molar-refractivity contribution in [3.05, 3.63) is 42.0 Å². The molecule has 1 rings (SSSR count). The molecule has 0 bridgehead atoms. The lowest BCUT2D eigenvalue weighted by molar-refractivity contribution is -0.139. The maximum Gasteiger partial charge on any atom is 0.333 e. The molecule has 0 amide bonds. The second kappa shape index (κ2) is 6.33. The van der Waals surface area contributed by atoms with Crippen LogP contribution in [0.15, 0.2) is 36.4 Å². The number of ether oxygens (including phenoxy) is 2. The molecule has 0 spiro atoms. The zero-order chi connectivity index (χ0) is 12.7. The Morgan fingerprint density at radius 3 is 2.53 bits per heavy atom. The normalized spacial score (nSPS) is 9.18. The van der Waals surface area contributed by atoms with Crippen LogP contribution in [0, 0.1) is 11.3 Å². The first-order valence-electron chi connectivity index (χ1n) is 5.09. The van der Waals surface area contributed by atoms with Gasteiger partial charge in [-0.2, -0.15) is 5.26 Å². The Bertz CT molecular complexity index is 443. The zero-order valence-corrected chi connectivity index (χ0v) is 9.60. The Labute approximate surface area is 100 Å². The summed E-state index contributed by atoms with van der Waals surface area (Å²) in [6, 6.07) is 8.73. The molecule has 1 aromatic carbocycles. The van der Waals surface area contributed by atoms with E-state index >= 15 is 0 Å². The molecule has 0 atom stereocenters. The number of carbonyl (C=O) groups is 1. The summed E-state index contributed by atoms with van der Waals surface area (Å²) >= 11 is 0. The summed E-state index contributed by atoms with van der Waals surface area (Å²) < 4.78 is 10.2. The van der Waals surface area contributed by atoms with Crippen LogP contribution in [0.1, 0.15) is 12.5 Å². The van der Waals surface area contributed by atoms with Crippen molar-refractivity contribution in [2.75, 3.05) is 13.2 Å². The highest BCUT2D eigenvalue weighted by molar-refractivity contribution is 5.86. The molecule has 0 radical (unpaired) electrons. The van der Waals surface area contributed by atoms with E-state index in [1.807, 2.05) is 6.07 Å². The third-order valence-corrected chi connectivity index (χ3v) is 1.92. The number of esters is 1. The Kier molecular flexibility index (Phi) is 4.77. The van der Waals surface area contributed by atoms with Crippen molar-refractivity contribution < 1.29 is 14.3 Å². The number of hydrogen-bond donors (Lipinski definition) is 0. The van der Waals surface area contributed by atoms with E-state index in [0.29, 0.717) is 16.9 Å². The van der Waals surface area contributed by atoms with Crippen molar-refractivity contribution >= 4 is 5.97 Å². The van der Waals surface area contributed by atoms with E-state index in [9.17, 15) is 4.79 Å². The number of nitrogens with zero attached hydrogens (tertiary/aromatic N) is 1. The van der Waals surface area contributed by atoms with Crippen LogP contribution in [0.2, 0.25) is 0 Å². The largest absolute Gasteiger partial charge is 0.490 e. The fourth-order valence-corrected chi connectivity index (χ4v) is 1.04. The van der Waals surface area contributed by atoms with Crippen LogP contribution >= 0.6 is 0 Å². The van der Waals surface area contributed by atoms with E-state index in [1.165, 1.54) is 0 Å². The van der Waals surface area contributed by atoms with Gasteiger partial charge in [0.25, 0.3) is 0 Å². The third-order valence-electron chi connectivity index (χ3n) is 1.92. The van der Waals surface area contributed by atoms with Crippen LogP contribution in [0.5, 0.6) is 5.75 Å². The standard InChI is InChI=1S/C13H13NO3/c1-10(2)13(15)17-8-7-16-12-5-3-11(9-14)4-6-12/h3-6H,1,7-8H2,2H3. The molecular formula is C13H13NO3. The van der Waals surface area contributed by atoms with Crippen LogP contribution in [-0.2, 0) is 9.53 Å². The molecule has 4 nitrogen and oxygen atoms in total. The summed E-state index contributed by atoms with van der Waals surface area (Å²) in [7, 11) is 0. The number of hydrogen-bond acceptors (Lipinski definition) is 4. The minimum absolute atomic E-state index is 0.172. The fraction of sp³-hybridized carbons (Fsp3) is 0.231. The first-order valence-corrected chi connectivity index (χ1v) is 5.09. The number of benzene rings is 1. The van der Waals surface area contributed by atoms with Crippen LogP contribution in [-0.4, -0.2) is 19.2 Å². The predicted molar refractivity (Wildman–Crippen MR) is 62.4 cm³/mol. The molecule has 0 aliphatic heterocycles. The molecule has 0 aliphatic carbocycles. The highest BCUT2D eigenvalue weighted by atomic mass is 16.6. The van der Waals surface area contributed by atoms with E-state index in [4.69, 9.17) is 14.7 Å². The first kappa shape index (κ1) is 12.8. The van der Waals surface area contributed by atoms with E-state index < -0.39 is 5.97 Å². The molecule has 17 heavy (non-hydrogen) atoms. The topological polar surface area (TPSA) is 59.3 Å². The predicted octanol–water partition coefficient (Wildman–Crippen LogP) is 2.06. The van der Waals surface area contributed by atoms with Gasteiger partial charge < -0.3 is 9.47 Å². The van der Waals surface area contributed by atoms with Crippen molar-refractivity contribution in [3.8, 4) is 11.8 Å². The smallest absolute Gasteiger partial charge is 0.333 e. The number of nitriles is 1. The number of rotatable bonds is 5. The summed E-state index contributed by atoms with van der Waals surface area (Å²) in [5.41, 5.74) is 0.939. The minimum Gasteiger partial charge on any atom is -0.490 e. The lowest BCUT2D eigenvalue weighted by Crippen LogP contribution is -2.12. The van der Waals surface area contributed by atoms with Gasteiger partial charge in [0.1, 0.15) is 19.0 Å². The highest BCUT2D eigenvalue weighted by Gasteiger charge is 2.02. The average molecular weight is 231 g/mol. The molecular weight excluding hydrogens is 218 g/mol. The van der Waals surface area contributed by atoms with Gasteiger partial charge >= 0.3 is 5.97 Å². The lowest BCUT2D eigenvalue weighted by Gasteiger charge is -2.07. The molecule has 0 N–H and O–H groups in total. The summed E-state index contributed by atoms with van der Waals surface area (Å²) in [4.78, 5) is 11.0. The van der Waals surface area contributed by atoms with Crippen LogP contribution in [0.25, 0.3) is 0 Å². The van der Waals surface area contributed by atoms with E-state index in [2.05, 4.69) is 6.58 Å². The highest BCUT2D eigenvalue weighted by Crippen LogP contribution is 2.11. The van der Waals surface area contributed by atoms with Gasteiger partial charge in [-0.3, -0.25) is 0 Å². The molecule has 1 aromatic rings. The summed E-state index contributed by atoms with van der Waals surface area (Å²) in [6.07, 6.45) is 0. The third kappa shape index (κ3) is 4.39. The molecule has 4 heteroatoms. The second-order valence-corrected chi connectivity index (χ2v) is 3.40. The van der Waals surface area contributed by atoms with Crippen LogP contribution in [0.3, 0.4) is 0 Å². The van der Waals surface area contributed by atoms with Crippen molar-refractivity contribution in [2.45, 2.75) is 6.92 Å². The van der Waals surface area contributed by atoms with E-state index in [-0.39, 0.29) is 13.2 Å². The monoisotopic (exact) mass is 231 g/mol. The van der Waals surface area contributed by atoms with Crippen molar-refractivity contribution in [2.24, 2.45) is 0 Å².